The number of carboxylic acids is 1. The summed E-state index contributed by atoms with van der Waals surface area (Å²) in [6.07, 6.45) is 7.02. The standard InChI is InChI=1S/C25H27N3O5/c1-17(2)5-12-22-23(32-4)13-6-18(7-14-24(29)30)25(22)33-16-19-15-28(27-26-19)20-8-10-21(31-3)11-9-20/h5-11,13-15H,12,16H2,1-4H3,(H,29,30)/b14-7-. The molecule has 1 N–H and O–H groups in total. The highest BCUT2D eigenvalue weighted by Crippen LogP contribution is 2.35. The molecular formula is C25H27N3O5. The molecule has 0 saturated heterocycles. The predicted octanol–water partition coefficient (Wildman–Crippen LogP) is 4.47. The lowest BCUT2D eigenvalue weighted by atomic mass is 10.0. The second-order valence-electron chi connectivity index (χ2n) is 7.46. The fourth-order valence-corrected chi connectivity index (χ4v) is 3.15. The molecule has 3 rings (SSSR count). The van der Waals surface area contributed by atoms with Crippen molar-refractivity contribution >= 4 is 12.0 Å². The van der Waals surface area contributed by atoms with Crippen LogP contribution >= 0.6 is 0 Å². The molecule has 0 radical (unpaired) electrons. The van der Waals surface area contributed by atoms with Gasteiger partial charge in [-0.25, -0.2) is 9.48 Å². The minimum atomic E-state index is -1.04. The van der Waals surface area contributed by atoms with E-state index in [0.29, 0.717) is 29.2 Å². The first kappa shape index (κ1) is 23.6. The normalized spacial score (nSPS) is 10.8. The molecule has 33 heavy (non-hydrogen) atoms. The number of carboxylic acid groups (broad SMARTS) is 1. The van der Waals surface area contributed by atoms with Gasteiger partial charge < -0.3 is 19.3 Å². The highest BCUT2D eigenvalue weighted by molar-refractivity contribution is 5.86. The maximum absolute atomic E-state index is 11.1. The molecule has 172 valence electrons. The van der Waals surface area contributed by atoms with Crippen molar-refractivity contribution in [1.29, 1.82) is 0 Å². The Labute approximate surface area is 192 Å². The Hall–Kier alpha value is -4.07. The Balaban J connectivity index is 1.90. The monoisotopic (exact) mass is 449 g/mol. The van der Waals surface area contributed by atoms with E-state index in [2.05, 4.69) is 16.4 Å². The zero-order chi connectivity index (χ0) is 23.8. The van der Waals surface area contributed by atoms with Gasteiger partial charge in [0.2, 0.25) is 0 Å². The SMILES string of the molecule is COc1ccc(-n2cc(COc3c(/C=C\C(=O)O)ccc(OC)c3CC=C(C)C)nn2)cc1. The number of carbonyl (C=O) groups is 1. The quantitative estimate of drug-likeness (QED) is 0.360. The van der Waals surface area contributed by atoms with Gasteiger partial charge in [0.15, 0.2) is 0 Å². The number of allylic oxidation sites excluding steroid dienone is 2. The first-order valence-electron chi connectivity index (χ1n) is 10.3. The molecule has 0 bridgehead atoms. The van der Waals surface area contributed by atoms with Crippen LogP contribution in [-0.4, -0.2) is 40.3 Å². The molecular weight excluding hydrogens is 422 g/mol. The molecule has 0 fully saturated rings. The summed E-state index contributed by atoms with van der Waals surface area (Å²) in [4.78, 5) is 11.1. The second-order valence-corrected chi connectivity index (χ2v) is 7.46. The number of hydrogen-bond acceptors (Lipinski definition) is 6. The third kappa shape index (κ3) is 6.22. The minimum absolute atomic E-state index is 0.152. The van der Waals surface area contributed by atoms with Crippen LogP contribution in [0.2, 0.25) is 0 Å². The van der Waals surface area contributed by atoms with Gasteiger partial charge in [-0.05, 0) is 62.7 Å². The lowest BCUT2D eigenvalue weighted by molar-refractivity contribution is -0.131. The minimum Gasteiger partial charge on any atom is -0.497 e. The molecule has 0 atom stereocenters. The summed E-state index contributed by atoms with van der Waals surface area (Å²) in [7, 11) is 3.21. The summed E-state index contributed by atoms with van der Waals surface area (Å²) in [5.74, 6) is 0.927. The van der Waals surface area contributed by atoms with Crippen LogP contribution in [0.15, 0.2) is 60.3 Å². The lowest BCUT2D eigenvalue weighted by Gasteiger charge is -2.16. The van der Waals surface area contributed by atoms with Crippen molar-refractivity contribution in [2.45, 2.75) is 26.9 Å². The van der Waals surface area contributed by atoms with E-state index in [-0.39, 0.29) is 6.61 Å². The van der Waals surface area contributed by atoms with Gasteiger partial charge in [-0.1, -0.05) is 16.9 Å². The van der Waals surface area contributed by atoms with Crippen molar-refractivity contribution in [3.8, 4) is 22.9 Å². The van der Waals surface area contributed by atoms with Crippen LogP contribution in [0.5, 0.6) is 17.2 Å². The van der Waals surface area contributed by atoms with Crippen LogP contribution in [0, 0.1) is 0 Å². The van der Waals surface area contributed by atoms with Crippen LogP contribution in [-0.2, 0) is 17.8 Å². The molecule has 1 aromatic heterocycles. The van der Waals surface area contributed by atoms with E-state index in [1.807, 2.05) is 44.2 Å². The van der Waals surface area contributed by atoms with Crippen LogP contribution in [0.1, 0.15) is 30.7 Å². The van der Waals surface area contributed by atoms with Gasteiger partial charge in [0.25, 0.3) is 0 Å². The van der Waals surface area contributed by atoms with E-state index in [1.165, 1.54) is 6.08 Å². The summed E-state index contributed by atoms with van der Waals surface area (Å²) >= 11 is 0. The number of rotatable bonds is 10. The largest absolute Gasteiger partial charge is 0.497 e. The molecule has 0 aliphatic rings. The van der Waals surface area contributed by atoms with Crippen molar-refractivity contribution in [3.63, 3.8) is 0 Å². The number of nitrogens with zero attached hydrogens (tertiary/aromatic N) is 3. The molecule has 0 amide bonds. The average Bonchev–Trinajstić information content (AvgIpc) is 3.29. The molecule has 0 saturated carbocycles. The smallest absolute Gasteiger partial charge is 0.328 e. The highest BCUT2D eigenvalue weighted by Gasteiger charge is 2.15. The van der Waals surface area contributed by atoms with Crippen LogP contribution in [0.3, 0.4) is 0 Å². The van der Waals surface area contributed by atoms with E-state index in [9.17, 15) is 4.79 Å². The molecule has 2 aromatic carbocycles. The second kappa shape index (κ2) is 11.0. The Morgan fingerprint density at radius 1 is 1.09 bits per heavy atom. The molecule has 8 nitrogen and oxygen atoms in total. The summed E-state index contributed by atoms with van der Waals surface area (Å²) in [6, 6.07) is 11.0. The van der Waals surface area contributed by atoms with Crippen molar-refractivity contribution in [2.24, 2.45) is 0 Å². The fourth-order valence-electron chi connectivity index (χ4n) is 3.15. The molecule has 3 aromatic rings. The number of hydrogen-bond donors (Lipinski definition) is 1. The van der Waals surface area contributed by atoms with Crippen LogP contribution < -0.4 is 14.2 Å². The average molecular weight is 450 g/mol. The Bertz CT molecular complexity index is 1160. The van der Waals surface area contributed by atoms with Crippen molar-refractivity contribution in [3.05, 3.63) is 77.1 Å². The number of ether oxygens (including phenoxy) is 3. The van der Waals surface area contributed by atoms with Crippen LogP contribution in [0.4, 0.5) is 0 Å². The number of aromatic nitrogens is 3. The van der Waals surface area contributed by atoms with Gasteiger partial charge in [-0.3, -0.25) is 0 Å². The van der Waals surface area contributed by atoms with Crippen molar-refractivity contribution in [2.75, 3.05) is 14.2 Å². The summed E-state index contributed by atoms with van der Waals surface area (Å²) in [5.41, 5.74) is 4.07. The molecule has 1 heterocycles. The van der Waals surface area contributed by atoms with Gasteiger partial charge in [-0.2, -0.15) is 0 Å². The van der Waals surface area contributed by atoms with Gasteiger partial charge in [0, 0.05) is 17.2 Å². The fraction of sp³-hybridized carbons (Fsp3) is 0.240. The zero-order valence-electron chi connectivity index (χ0n) is 19.1. The lowest BCUT2D eigenvalue weighted by Crippen LogP contribution is -2.03. The Kier molecular flexibility index (Phi) is 7.86. The van der Waals surface area contributed by atoms with Gasteiger partial charge in [-0.15, -0.1) is 5.10 Å². The third-order valence-corrected chi connectivity index (χ3v) is 4.83. The summed E-state index contributed by atoms with van der Waals surface area (Å²) < 4.78 is 18.5. The predicted molar refractivity (Wildman–Crippen MR) is 125 cm³/mol. The zero-order valence-corrected chi connectivity index (χ0v) is 19.1. The Morgan fingerprint density at radius 3 is 2.48 bits per heavy atom. The topological polar surface area (TPSA) is 95.7 Å². The molecule has 0 aliphatic carbocycles. The maximum Gasteiger partial charge on any atom is 0.328 e. The first-order chi connectivity index (χ1) is 15.9. The summed E-state index contributed by atoms with van der Waals surface area (Å²) in [6.45, 7) is 4.18. The van der Waals surface area contributed by atoms with Gasteiger partial charge in [0.05, 0.1) is 26.1 Å². The first-order valence-corrected chi connectivity index (χ1v) is 10.3. The van der Waals surface area contributed by atoms with E-state index in [0.717, 1.165) is 28.6 Å². The molecule has 8 heteroatoms. The third-order valence-electron chi connectivity index (χ3n) is 4.83. The van der Waals surface area contributed by atoms with Crippen molar-refractivity contribution < 1.29 is 24.1 Å². The van der Waals surface area contributed by atoms with Gasteiger partial charge in [0.1, 0.15) is 29.5 Å². The number of methoxy groups -OCH3 is 2. The molecule has 0 unspecified atom stereocenters. The van der Waals surface area contributed by atoms with E-state index < -0.39 is 5.97 Å². The van der Waals surface area contributed by atoms with E-state index >= 15 is 0 Å². The molecule has 0 aliphatic heterocycles. The highest BCUT2D eigenvalue weighted by atomic mass is 16.5. The van der Waals surface area contributed by atoms with Crippen molar-refractivity contribution in [1.82, 2.24) is 15.0 Å². The van der Waals surface area contributed by atoms with E-state index in [1.54, 1.807) is 31.2 Å². The molecule has 0 spiro atoms. The summed E-state index contributed by atoms with van der Waals surface area (Å²) in [5, 5.41) is 17.4. The van der Waals surface area contributed by atoms with E-state index in [4.69, 9.17) is 19.3 Å². The maximum atomic E-state index is 11.1. The van der Waals surface area contributed by atoms with Gasteiger partial charge >= 0.3 is 5.97 Å². The number of benzene rings is 2. The van der Waals surface area contributed by atoms with Crippen LogP contribution in [0.25, 0.3) is 11.8 Å². The number of aliphatic carboxylic acids is 1. The Morgan fingerprint density at radius 2 is 1.85 bits per heavy atom.